The number of rotatable bonds is 4. The number of carboxylic acids is 1. The molecular weight excluding hydrogens is 318 g/mol. The summed E-state index contributed by atoms with van der Waals surface area (Å²) in [6.07, 6.45) is 4.96. The van der Waals surface area contributed by atoms with Crippen LogP contribution in [0.2, 0.25) is 0 Å². The van der Waals surface area contributed by atoms with Crippen LogP contribution in [-0.4, -0.2) is 29.1 Å². The van der Waals surface area contributed by atoms with E-state index in [4.69, 9.17) is 0 Å². The molecule has 1 aliphatic heterocycles. The first-order chi connectivity index (χ1) is 9.52. The normalized spacial score (nSPS) is 20.1. The average Bonchev–Trinajstić information content (AvgIpc) is 2.67. The number of benzene rings is 1. The molecule has 0 bridgehead atoms. The van der Waals surface area contributed by atoms with Gasteiger partial charge in [0.1, 0.15) is 0 Å². The predicted molar refractivity (Wildman–Crippen MR) is 83.8 cm³/mol. The molecule has 1 atom stereocenters. The molecule has 0 aromatic heterocycles. The fraction of sp³-hybridized carbons (Fsp3) is 0.562. The van der Waals surface area contributed by atoms with Gasteiger partial charge in [0.15, 0.2) is 0 Å². The van der Waals surface area contributed by atoms with Crippen molar-refractivity contribution in [3.05, 3.63) is 34.3 Å². The van der Waals surface area contributed by atoms with Gasteiger partial charge in [-0.3, -0.25) is 9.69 Å². The molecule has 0 spiro atoms. The van der Waals surface area contributed by atoms with Crippen LogP contribution in [0.1, 0.15) is 44.6 Å². The van der Waals surface area contributed by atoms with Crippen LogP contribution in [0.5, 0.6) is 0 Å². The van der Waals surface area contributed by atoms with Crippen molar-refractivity contribution in [2.45, 2.75) is 44.6 Å². The van der Waals surface area contributed by atoms with E-state index in [1.54, 1.807) is 0 Å². The molecule has 1 aromatic rings. The van der Waals surface area contributed by atoms with E-state index in [0.29, 0.717) is 0 Å². The predicted octanol–water partition coefficient (Wildman–Crippen LogP) is 4.02. The third-order valence-corrected chi connectivity index (χ3v) is 4.79. The van der Waals surface area contributed by atoms with Gasteiger partial charge in [-0.05, 0) is 50.6 Å². The summed E-state index contributed by atoms with van der Waals surface area (Å²) in [5.74, 6) is -0.736. The number of nitrogens with zero attached hydrogens (tertiary/aromatic N) is 1. The summed E-state index contributed by atoms with van der Waals surface area (Å²) in [5.41, 5.74) is 0.668. The lowest BCUT2D eigenvalue weighted by Crippen LogP contribution is -2.46. The summed E-state index contributed by atoms with van der Waals surface area (Å²) in [4.78, 5) is 13.7. The van der Waals surface area contributed by atoms with Crippen LogP contribution in [0, 0.1) is 0 Å². The molecule has 1 unspecified atom stereocenters. The molecule has 0 saturated carbocycles. The van der Waals surface area contributed by atoms with Crippen LogP contribution in [0.3, 0.4) is 0 Å². The summed E-state index contributed by atoms with van der Waals surface area (Å²) in [7, 11) is 0. The van der Waals surface area contributed by atoms with E-state index in [1.165, 1.54) is 12.8 Å². The third kappa shape index (κ3) is 3.61. The van der Waals surface area contributed by atoms with Crippen molar-refractivity contribution in [3.8, 4) is 0 Å². The minimum Gasteiger partial charge on any atom is -0.481 e. The Hall–Kier alpha value is -0.870. The van der Waals surface area contributed by atoms with Crippen molar-refractivity contribution in [1.82, 2.24) is 4.90 Å². The fourth-order valence-corrected chi connectivity index (χ4v) is 3.33. The molecule has 1 heterocycles. The molecule has 1 saturated heterocycles. The summed E-state index contributed by atoms with van der Waals surface area (Å²) in [5, 5.41) is 9.33. The largest absolute Gasteiger partial charge is 0.481 e. The summed E-state index contributed by atoms with van der Waals surface area (Å²) in [6, 6.07) is 8.07. The van der Waals surface area contributed by atoms with Crippen LogP contribution in [-0.2, 0) is 10.3 Å². The molecule has 1 fully saturated rings. The van der Waals surface area contributed by atoms with Gasteiger partial charge in [-0.25, -0.2) is 0 Å². The van der Waals surface area contributed by atoms with Gasteiger partial charge in [0.25, 0.3) is 0 Å². The molecule has 1 aliphatic rings. The van der Waals surface area contributed by atoms with Gasteiger partial charge in [0, 0.05) is 4.47 Å². The second-order valence-corrected chi connectivity index (χ2v) is 6.67. The molecule has 0 aliphatic carbocycles. The molecule has 0 radical (unpaired) electrons. The van der Waals surface area contributed by atoms with Gasteiger partial charge < -0.3 is 5.11 Å². The van der Waals surface area contributed by atoms with E-state index in [9.17, 15) is 9.90 Å². The van der Waals surface area contributed by atoms with Crippen LogP contribution >= 0.6 is 15.9 Å². The smallest absolute Gasteiger partial charge is 0.305 e. The zero-order valence-electron chi connectivity index (χ0n) is 11.9. The minimum atomic E-state index is -0.736. The maximum absolute atomic E-state index is 11.3. The molecule has 20 heavy (non-hydrogen) atoms. The fourth-order valence-electron chi connectivity index (χ4n) is 3.06. The zero-order chi connectivity index (χ0) is 14.6. The lowest BCUT2D eigenvalue weighted by atomic mass is 9.86. The van der Waals surface area contributed by atoms with E-state index in [-0.39, 0.29) is 6.42 Å². The number of halogens is 1. The second kappa shape index (κ2) is 6.72. The highest BCUT2D eigenvalue weighted by atomic mass is 79.9. The second-order valence-electron chi connectivity index (χ2n) is 5.75. The summed E-state index contributed by atoms with van der Waals surface area (Å²) >= 11 is 3.44. The first kappa shape index (κ1) is 15.5. The van der Waals surface area contributed by atoms with Crippen molar-refractivity contribution in [1.29, 1.82) is 0 Å². The standard InChI is InChI=1S/C16H22BrNO2/c1-16(12-15(19)20,13-6-8-14(17)9-7-13)18-10-4-2-3-5-11-18/h6-9H,2-5,10-12H2,1H3,(H,19,20). The summed E-state index contributed by atoms with van der Waals surface area (Å²) < 4.78 is 1.02. The molecule has 2 rings (SSSR count). The quantitative estimate of drug-likeness (QED) is 0.900. The number of aliphatic carboxylic acids is 1. The zero-order valence-corrected chi connectivity index (χ0v) is 13.5. The molecule has 3 nitrogen and oxygen atoms in total. The minimum absolute atomic E-state index is 0.147. The Morgan fingerprint density at radius 2 is 1.75 bits per heavy atom. The van der Waals surface area contributed by atoms with Gasteiger partial charge >= 0.3 is 5.97 Å². The van der Waals surface area contributed by atoms with Gasteiger partial charge in [0.05, 0.1) is 12.0 Å². The first-order valence-corrected chi connectivity index (χ1v) is 8.04. The van der Waals surface area contributed by atoms with E-state index in [2.05, 4.69) is 27.8 Å². The number of hydrogen-bond acceptors (Lipinski definition) is 2. The van der Waals surface area contributed by atoms with Crippen molar-refractivity contribution >= 4 is 21.9 Å². The van der Waals surface area contributed by atoms with Gasteiger partial charge in [-0.2, -0.15) is 0 Å². The summed E-state index contributed by atoms with van der Waals surface area (Å²) in [6.45, 7) is 4.04. The van der Waals surface area contributed by atoms with E-state index in [0.717, 1.165) is 36.0 Å². The van der Waals surface area contributed by atoms with Crippen molar-refractivity contribution in [2.75, 3.05) is 13.1 Å². The Balaban J connectivity index is 2.32. The monoisotopic (exact) mass is 339 g/mol. The third-order valence-electron chi connectivity index (χ3n) is 4.27. The maximum atomic E-state index is 11.3. The molecule has 1 aromatic carbocycles. The molecule has 110 valence electrons. The van der Waals surface area contributed by atoms with Gasteiger partial charge in [-0.15, -0.1) is 0 Å². The lowest BCUT2D eigenvalue weighted by Gasteiger charge is -2.40. The first-order valence-electron chi connectivity index (χ1n) is 7.25. The van der Waals surface area contributed by atoms with Crippen LogP contribution in [0.4, 0.5) is 0 Å². The van der Waals surface area contributed by atoms with Crippen LogP contribution in [0.15, 0.2) is 28.7 Å². The van der Waals surface area contributed by atoms with Gasteiger partial charge in [0.2, 0.25) is 0 Å². The molecule has 1 N–H and O–H groups in total. The topological polar surface area (TPSA) is 40.5 Å². The van der Waals surface area contributed by atoms with Crippen molar-refractivity contribution < 1.29 is 9.90 Å². The highest BCUT2D eigenvalue weighted by molar-refractivity contribution is 9.10. The van der Waals surface area contributed by atoms with E-state index >= 15 is 0 Å². The lowest BCUT2D eigenvalue weighted by molar-refractivity contribution is -0.140. The molecular formula is C16H22BrNO2. The van der Waals surface area contributed by atoms with E-state index < -0.39 is 11.5 Å². The number of carbonyl (C=O) groups is 1. The highest BCUT2D eigenvalue weighted by Gasteiger charge is 2.36. The Morgan fingerprint density at radius 3 is 2.25 bits per heavy atom. The number of hydrogen-bond donors (Lipinski definition) is 1. The Kier molecular flexibility index (Phi) is 5.22. The Bertz CT molecular complexity index is 452. The van der Waals surface area contributed by atoms with Gasteiger partial charge in [-0.1, -0.05) is 40.9 Å². The average molecular weight is 340 g/mol. The highest BCUT2D eigenvalue weighted by Crippen LogP contribution is 2.34. The molecule has 0 amide bonds. The SMILES string of the molecule is CC(CC(=O)O)(c1ccc(Br)cc1)N1CCCCCC1. The van der Waals surface area contributed by atoms with Crippen molar-refractivity contribution in [3.63, 3.8) is 0 Å². The number of carboxylic acid groups (broad SMARTS) is 1. The maximum Gasteiger partial charge on any atom is 0.305 e. The Morgan fingerprint density at radius 1 is 1.20 bits per heavy atom. The van der Waals surface area contributed by atoms with Crippen LogP contribution < -0.4 is 0 Å². The number of likely N-dealkylation sites (tertiary alicyclic amines) is 1. The van der Waals surface area contributed by atoms with Crippen molar-refractivity contribution in [2.24, 2.45) is 0 Å². The molecule has 4 heteroatoms. The Labute approximate surface area is 129 Å². The van der Waals surface area contributed by atoms with Crippen LogP contribution in [0.25, 0.3) is 0 Å². The van der Waals surface area contributed by atoms with E-state index in [1.807, 2.05) is 24.3 Å².